The second-order valence-corrected chi connectivity index (χ2v) is 8.05. The van der Waals surface area contributed by atoms with Gasteiger partial charge < -0.3 is 24.7 Å². The van der Waals surface area contributed by atoms with Crippen molar-refractivity contribution in [2.24, 2.45) is 5.73 Å². The van der Waals surface area contributed by atoms with Crippen LogP contribution in [-0.2, 0) is 0 Å². The number of rotatable bonds is 5. The van der Waals surface area contributed by atoms with Crippen LogP contribution < -0.4 is 24.7 Å². The highest BCUT2D eigenvalue weighted by atomic mass is 79.9. The molecule has 0 saturated carbocycles. The third-order valence-corrected chi connectivity index (χ3v) is 5.70. The van der Waals surface area contributed by atoms with Crippen LogP contribution in [0, 0.1) is 11.3 Å². The lowest BCUT2D eigenvalue weighted by atomic mass is 9.83. The predicted molar refractivity (Wildman–Crippen MR) is 124 cm³/mol. The van der Waals surface area contributed by atoms with Gasteiger partial charge in [0.2, 0.25) is 5.88 Å². The molecule has 2 N–H and O–H groups in total. The largest absolute Gasteiger partial charge is 0.497 e. The summed E-state index contributed by atoms with van der Waals surface area (Å²) < 4.78 is 22.8. The third-order valence-electron chi connectivity index (χ3n) is 5.21. The fraction of sp³-hybridized carbons (Fsp3) is 0.120. The number of hydrogen-bond donors (Lipinski definition) is 1. The predicted octanol–water partition coefficient (Wildman–Crippen LogP) is 4.90. The number of halogens is 1. The van der Waals surface area contributed by atoms with Crippen LogP contribution in [0.1, 0.15) is 27.4 Å². The minimum Gasteiger partial charge on any atom is -0.497 e. The Balaban J connectivity index is 1.72. The monoisotopic (exact) mass is 506 g/mol. The van der Waals surface area contributed by atoms with Gasteiger partial charge in [-0.05, 0) is 42.5 Å². The molecular formula is C25H19BrN2O5. The molecule has 8 heteroatoms. The molecule has 0 aliphatic carbocycles. The Hall–Kier alpha value is -3.96. The van der Waals surface area contributed by atoms with Crippen LogP contribution in [0.15, 0.2) is 76.6 Å². The fourth-order valence-electron chi connectivity index (χ4n) is 3.67. The molecule has 1 aliphatic rings. The van der Waals surface area contributed by atoms with E-state index in [9.17, 15) is 10.1 Å². The minimum absolute atomic E-state index is 0.0201. The highest BCUT2D eigenvalue weighted by molar-refractivity contribution is 9.10. The van der Waals surface area contributed by atoms with Crippen molar-refractivity contribution in [3.8, 4) is 29.1 Å². The number of benzene rings is 3. The van der Waals surface area contributed by atoms with Gasteiger partial charge in [0.1, 0.15) is 34.6 Å². The lowest BCUT2D eigenvalue weighted by Gasteiger charge is -2.27. The van der Waals surface area contributed by atoms with Gasteiger partial charge in [-0.25, -0.2) is 4.79 Å². The maximum atomic E-state index is 12.6. The summed E-state index contributed by atoms with van der Waals surface area (Å²) in [5, 5.41) is 9.79. The number of hydrogen-bond acceptors (Lipinski definition) is 7. The van der Waals surface area contributed by atoms with Crippen molar-refractivity contribution in [1.29, 1.82) is 5.26 Å². The van der Waals surface area contributed by atoms with E-state index < -0.39 is 11.9 Å². The van der Waals surface area contributed by atoms with E-state index in [4.69, 9.17) is 24.7 Å². The maximum Gasteiger partial charge on any atom is 0.343 e. The van der Waals surface area contributed by atoms with Crippen LogP contribution in [-0.4, -0.2) is 20.2 Å². The maximum absolute atomic E-state index is 12.6. The van der Waals surface area contributed by atoms with Crippen molar-refractivity contribution in [2.45, 2.75) is 5.92 Å². The normalized spacial score (nSPS) is 14.5. The Labute approximate surface area is 199 Å². The second kappa shape index (κ2) is 9.27. The van der Waals surface area contributed by atoms with Crippen molar-refractivity contribution in [1.82, 2.24) is 0 Å². The average molecular weight is 507 g/mol. The smallest absolute Gasteiger partial charge is 0.343 e. The first-order valence-electron chi connectivity index (χ1n) is 9.86. The number of nitrogens with two attached hydrogens (primary N) is 1. The number of ether oxygens (including phenoxy) is 4. The molecule has 3 aromatic rings. The molecule has 1 unspecified atom stereocenters. The molecule has 3 aromatic carbocycles. The van der Waals surface area contributed by atoms with Gasteiger partial charge in [-0.1, -0.05) is 28.1 Å². The van der Waals surface area contributed by atoms with Crippen molar-refractivity contribution in [3.05, 3.63) is 93.3 Å². The average Bonchev–Trinajstić information content (AvgIpc) is 2.83. The Morgan fingerprint density at radius 1 is 1.03 bits per heavy atom. The summed E-state index contributed by atoms with van der Waals surface area (Å²) in [7, 11) is 3.09. The van der Waals surface area contributed by atoms with Gasteiger partial charge in [0.25, 0.3) is 0 Å². The minimum atomic E-state index is -0.545. The first-order chi connectivity index (χ1) is 15.9. The van der Waals surface area contributed by atoms with Gasteiger partial charge in [0.05, 0.1) is 25.7 Å². The summed E-state index contributed by atoms with van der Waals surface area (Å²) in [6.45, 7) is 0. The van der Waals surface area contributed by atoms with Gasteiger partial charge >= 0.3 is 5.97 Å². The Bertz CT molecular complexity index is 1310. The summed E-state index contributed by atoms with van der Waals surface area (Å²) in [6, 6.07) is 19.3. The van der Waals surface area contributed by atoms with Crippen molar-refractivity contribution in [3.63, 3.8) is 0 Å². The number of esters is 1. The zero-order chi connectivity index (χ0) is 23.5. The van der Waals surface area contributed by atoms with E-state index in [2.05, 4.69) is 22.0 Å². The zero-order valence-electron chi connectivity index (χ0n) is 17.8. The van der Waals surface area contributed by atoms with Crippen molar-refractivity contribution >= 4 is 21.9 Å². The van der Waals surface area contributed by atoms with Gasteiger partial charge in [0.15, 0.2) is 0 Å². The van der Waals surface area contributed by atoms with Crippen LogP contribution in [0.25, 0.3) is 0 Å². The number of carbonyl (C=O) groups is 1. The van der Waals surface area contributed by atoms with E-state index in [1.54, 1.807) is 49.6 Å². The van der Waals surface area contributed by atoms with Crippen LogP contribution in [0.2, 0.25) is 0 Å². The van der Waals surface area contributed by atoms with Gasteiger partial charge in [-0.15, -0.1) is 0 Å². The molecule has 0 saturated heterocycles. The molecule has 1 aliphatic heterocycles. The van der Waals surface area contributed by atoms with E-state index in [0.29, 0.717) is 28.4 Å². The first-order valence-corrected chi connectivity index (χ1v) is 10.7. The molecule has 0 bridgehead atoms. The molecule has 0 radical (unpaired) electrons. The number of allylic oxidation sites excluding steroid dienone is 1. The highest BCUT2D eigenvalue weighted by Crippen LogP contribution is 2.46. The van der Waals surface area contributed by atoms with Gasteiger partial charge in [-0.2, -0.15) is 5.26 Å². The molecule has 0 amide bonds. The third kappa shape index (κ3) is 4.36. The molecule has 7 nitrogen and oxygen atoms in total. The lowest BCUT2D eigenvalue weighted by molar-refractivity contribution is 0.0734. The summed E-state index contributed by atoms with van der Waals surface area (Å²) in [4.78, 5) is 12.6. The van der Waals surface area contributed by atoms with Crippen LogP contribution in [0.3, 0.4) is 0 Å². The van der Waals surface area contributed by atoms with E-state index >= 15 is 0 Å². The molecule has 0 aromatic heterocycles. The van der Waals surface area contributed by atoms with E-state index in [0.717, 1.165) is 10.0 Å². The van der Waals surface area contributed by atoms with Crippen LogP contribution in [0.5, 0.6) is 23.0 Å². The molecular weight excluding hydrogens is 488 g/mol. The standard InChI is InChI=1S/C25H19BrN2O5/c1-30-16-5-3-4-14(10-16)25(29)32-17-7-8-18-22(12-17)33-24(28)20(13-27)23(18)19-11-15(26)6-9-21(19)31-2/h3-12,23H,28H2,1-2H3. The summed E-state index contributed by atoms with van der Waals surface area (Å²) >= 11 is 3.48. The summed E-state index contributed by atoms with van der Waals surface area (Å²) in [5.41, 5.74) is 8.14. The number of methoxy groups -OCH3 is 2. The second-order valence-electron chi connectivity index (χ2n) is 7.13. The van der Waals surface area contributed by atoms with E-state index in [1.807, 2.05) is 18.2 Å². The van der Waals surface area contributed by atoms with Gasteiger partial charge in [-0.3, -0.25) is 0 Å². The lowest BCUT2D eigenvalue weighted by Crippen LogP contribution is -2.21. The first kappa shape index (κ1) is 22.2. The molecule has 0 spiro atoms. The number of fused-ring (bicyclic) bond motifs is 1. The summed E-state index contributed by atoms with van der Waals surface area (Å²) in [5.74, 6) is 0.721. The molecule has 1 atom stereocenters. The molecule has 0 fully saturated rings. The Kier molecular flexibility index (Phi) is 6.24. The van der Waals surface area contributed by atoms with E-state index in [1.165, 1.54) is 7.11 Å². The Morgan fingerprint density at radius 2 is 1.85 bits per heavy atom. The van der Waals surface area contributed by atoms with Crippen molar-refractivity contribution in [2.75, 3.05) is 14.2 Å². The Morgan fingerprint density at radius 3 is 2.58 bits per heavy atom. The summed E-state index contributed by atoms with van der Waals surface area (Å²) in [6.07, 6.45) is 0. The quantitative estimate of drug-likeness (QED) is 0.387. The van der Waals surface area contributed by atoms with Crippen LogP contribution >= 0.6 is 15.9 Å². The molecule has 4 rings (SSSR count). The van der Waals surface area contributed by atoms with Crippen molar-refractivity contribution < 1.29 is 23.7 Å². The van der Waals surface area contributed by atoms with Crippen LogP contribution in [0.4, 0.5) is 0 Å². The number of nitriles is 1. The zero-order valence-corrected chi connectivity index (χ0v) is 19.4. The van der Waals surface area contributed by atoms with Gasteiger partial charge in [0, 0.05) is 21.7 Å². The number of nitrogens with zero attached hydrogens (tertiary/aromatic N) is 1. The van der Waals surface area contributed by atoms with E-state index in [-0.39, 0.29) is 17.2 Å². The molecule has 33 heavy (non-hydrogen) atoms. The topological polar surface area (TPSA) is 104 Å². The highest BCUT2D eigenvalue weighted by Gasteiger charge is 2.33. The molecule has 166 valence electrons. The molecule has 1 heterocycles. The SMILES string of the molecule is COc1cccc(C(=O)Oc2ccc3c(c2)OC(N)=C(C#N)C3c2cc(Br)ccc2OC)c1. The number of carbonyl (C=O) groups excluding carboxylic acids is 1. The fourth-order valence-corrected chi connectivity index (χ4v) is 4.04.